The zero-order valence-corrected chi connectivity index (χ0v) is 14.6. The summed E-state index contributed by atoms with van der Waals surface area (Å²) in [5, 5.41) is 5.48. The molecule has 0 aliphatic rings. The van der Waals surface area contributed by atoms with Gasteiger partial charge in [0.2, 0.25) is 0 Å². The number of carbonyl (C=O) groups excluding carboxylic acids is 2. The highest BCUT2D eigenvalue weighted by molar-refractivity contribution is 6.05. The Hall–Kier alpha value is -3.47. The molecule has 0 heterocycles. The highest BCUT2D eigenvalue weighted by Gasteiger charge is 2.09. The summed E-state index contributed by atoms with van der Waals surface area (Å²) >= 11 is 0. The van der Waals surface area contributed by atoms with E-state index in [1.165, 1.54) is 18.2 Å². The second-order valence-corrected chi connectivity index (χ2v) is 6.03. The second kappa shape index (κ2) is 8.76. The van der Waals surface area contributed by atoms with Gasteiger partial charge < -0.3 is 10.6 Å². The van der Waals surface area contributed by atoms with Gasteiger partial charge in [-0.2, -0.15) is 0 Å². The quantitative estimate of drug-likeness (QED) is 0.695. The van der Waals surface area contributed by atoms with Crippen LogP contribution < -0.4 is 10.6 Å². The first-order chi connectivity index (χ1) is 13.1. The monoisotopic (exact) mass is 362 g/mol. The molecule has 0 saturated carbocycles. The topological polar surface area (TPSA) is 58.2 Å². The van der Waals surface area contributed by atoms with E-state index >= 15 is 0 Å². The average molecular weight is 362 g/mol. The summed E-state index contributed by atoms with van der Waals surface area (Å²) in [4.78, 5) is 24.4. The molecule has 0 fully saturated rings. The third kappa shape index (κ3) is 5.25. The van der Waals surface area contributed by atoms with Crippen molar-refractivity contribution in [1.29, 1.82) is 0 Å². The van der Waals surface area contributed by atoms with Gasteiger partial charge in [0.1, 0.15) is 5.82 Å². The SMILES string of the molecule is O=C(NCCc1ccccc1)c1ccc(C(=O)Nc2cccc(F)c2)cc1. The number of amides is 2. The van der Waals surface area contributed by atoms with E-state index in [4.69, 9.17) is 0 Å². The third-order valence-electron chi connectivity index (χ3n) is 4.03. The summed E-state index contributed by atoms with van der Waals surface area (Å²) < 4.78 is 13.2. The molecule has 0 unspecified atom stereocenters. The second-order valence-electron chi connectivity index (χ2n) is 6.03. The standard InChI is InChI=1S/C22H19FN2O2/c23-19-7-4-8-20(15-19)25-22(27)18-11-9-17(10-12-18)21(26)24-14-13-16-5-2-1-3-6-16/h1-12,15H,13-14H2,(H,24,26)(H,25,27). The Morgan fingerprint density at radius 2 is 1.44 bits per heavy atom. The molecule has 3 rings (SSSR count). The van der Waals surface area contributed by atoms with Crippen molar-refractivity contribution in [1.82, 2.24) is 5.32 Å². The molecular weight excluding hydrogens is 343 g/mol. The largest absolute Gasteiger partial charge is 0.352 e. The number of hydrogen-bond acceptors (Lipinski definition) is 2. The molecule has 4 nitrogen and oxygen atoms in total. The maximum atomic E-state index is 13.2. The van der Waals surface area contributed by atoms with Crippen LogP contribution in [-0.4, -0.2) is 18.4 Å². The molecule has 136 valence electrons. The normalized spacial score (nSPS) is 10.3. The first-order valence-electron chi connectivity index (χ1n) is 8.61. The van der Waals surface area contributed by atoms with E-state index in [2.05, 4.69) is 10.6 Å². The molecule has 27 heavy (non-hydrogen) atoms. The van der Waals surface area contributed by atoms with E-state index in [0.717, 1.165) is 12.0 Å². The predicted molar refractivity (Wildman–Crippen MR) is 103 cm³/mol. The summed E-state index contributed by atoms with van der Waals surface area (Å²) in [5.41, 5.74) is 2.40. The van der Waals surface area contributed by atoms with Crippen molar-refractivity contribution in [3.63, 3.8) is 0 Å². The number of nitrogens with one attached hydrogen (secondary N) is 2. The summed E-state index contributed by atoms with van der Waals surface area (Å²) in [5.74, 6) is -0.977. The summed E-state index contributed by atoms with van der Waals surface area (Å²) in [6, 6.07) is 21.9. The van der Waals surface area contributed by atoms with Crippen molar-refractivity contribution in [2.24, 2.45) is 0 Å². The lowest BCUT2D eigenvalue weighted by Gasteiger charge is -2.08. The van der Waals surface area contributed by atoms with Crippen LogP contribution in [0.3, 0.4) is 0 Å². The molecule has 3 aromatic carbocycles. The molecule has 2 N–H and O–H groups in total. The maximum absolute atomic E-state index is 13.2. The number of rotatable bonds is 6. The van der Waals surface area contributed by atoms with E-state index in [-0.39, 0.29) is 11.8 Å². The smallest absolute Gasteiger partial charge is 0.255 e. The van der Waals surface area contributed by atoms with Crippen LogP contribution in [0.4, 0.5) is 10.1 Å². The van der Waals surface area contributed by atoms with Crippen LogP contribution in [0.1, 0.15) is 26.3 Å². The minimum absolute atomic E-state index is 0.192. The first-order valence-corrected chi connectivity index (χ1v) is 8.61. The summed E-state index contributed by atoms with van der Waals surface area (Å²) in [6.07, 6.45) is 0.751. The minimum Gasteiger partial charge on any atom is -0.352 e. The zero-order valence-electron chi connectivity index (χ0n) is 14.6. The van der Waals surface area contributed by atoms with Crippen molar-refractivity contribution in [2.45, 2.75) is 6.42 Å². The van der Waals surface area contributed by atoms with Crippen molar-refractivity contribution in [3.05, 3.63) is 101 Å². The van der Waals surface area contributed by atoms with Crippen LogP contribution in [0.25, 0.3) is 0 Å². The Balaban J connectivity index is 1.54. The van der Waals surface area contributed by atoms with Gasteiger partial charge in [0, 0.05) is 23.4 Å². The fraction of sp³-hybridized carbons (Fsp3) is 0.0909. The van der Waals surface area contributed by atoms with E-state index in [1.807, 2.05) is 30.3 Å². The predicted octanol–water partition coefficient (Wildman–Crippen LogP) is 4.05. The molecule has 0 aliphatic heterocycles. The number of carbonyl (C=O) groups is 2. The molecule has 0 aromatic heterocycles. The lowest BCUT2D eigenvalue weighted by Crippen LogP contribution is -2.25. The van der Waals surface area contributed by atoms with Gasteiger partial charge in [0.25, 0.3) is 11.8 Å². The Morgan fingerprint density at radius 1 is 0.778 bits per heavy atom. The third-order valence-corrected chi connectivity index (χ3v) is 4.03. The number of hydrogen-bond donors (Lipinski definition) is 2. The highest BCUT2D eigenvalue weighted by atomic mass is 19.1. The number of halogens is 1. The van der Waals surface area contributed by atoms with Gasteiger partial charge in [-0.05, 0) is 54.4 Å². The van der Waals surface area contributed by atoms with Gasteiger partial charge in [-0.3, -0.25) is 9.59 Å². The van der Waals surface area contributed by atoms with Crippen molar-refractivity contribution < 1.29 is 14.0 Å². The Labute approximate surface area is 157 Å². The molecular formula is C22H19FN2O2. The lowest BCUT2D eigenvalue weighted by atomic mass is 10.1. The van der Waals surface area contributed by atoms with Crippen molar-refractivity contribution in [3.8, 4) is 0 Å². The van der Waals surface area contributed by atoms with E-state index < -0.39 is 5.82 Å². The lowest BCUT2D eigenvalue weighted by molar-refractivity contribution is 0.0952. The molecule has 3 aromatic rings. The van der Waals surface area contributed by atoms with Crippen LogP contribution in [0.5, 0.6) is 0 Å². The maximum Gasteiger partial charge on any atom is 0.255 e. The van der Waals surface area contributed by atoms with E-state index in [1.54, 1.807) is 30.3 Å². The molecule has 0 atom stereocenters. The minimum atomic E-state index is -0.421. The molecule has 0 radical (unpaired) electrons. The molecule has 0 bridgehead atoms. The zero-order chi connectivity index (χ0) is 19.1. The van der Waals surface area contributed by atoms with Gasteiger partial charge in [0.15, 0.2) is 0 Å². The number of anilines is 1. The van der Waals surface area contributed by atoms with Gasteiger partial charge in [0.05, 0.1) is 0 Å². The molecule has 5 heteroatoms. The Kier molecular flexibility index (Phi) is 5.94. The van der Waals surface area contributed by atoms with Gasteiger partial charge >= 0.3 is 0 Å². The van der Waals surface area contributed by atoms with Gasteiger partial charge in [-0.15, -0.1) is 0 Å². The summed E-state index contributed by atoms with van der Waals surface area (Å²) in [7, 11) is 0. The van der Waals surface area contributed by atoms with E-state index in [0.29, 0.717) is 23.4 Å². The number of benzene rings is 3. The molecule has 2 amide bonds. The molecule has 0 spiro atoms. The van der Waals surface area contributed by atoms with Crippen molar-refractivity contribution >= 4 is 17.5 Å². The van der Waals surface area contributed by atoms with Crippen LogP contribution in [0.2, 0.25) is 0 Å². The van der Waals surface area contributed by atoms with Crippen LogP contribution >= 0.6 is 0 Å². The molecule has 0 saturated heterocycles. The van der Waals surface area contributed by atoms with E-state index in [9.17, 15) is 14.0 Å². The first kappa shape index (κ1) is 18.3. The Morgan fingerprint density at radius 3 is 2.11 bits per heavy atom. The fourth-order valence-corrected chi connectivity index (χ4v) is 2.61. The van der Waals surface area contributed by atoms with Crippen molar-refractivity contribution in [2.75, 3.05) is 11.9 Å². The van der Waals surface area contributed by atoms with Gasteiger partial charge in [-0.25, -0.2) is 4.39 Å². The fourth-order valence-electron chi connectivity index (χ4n) is 2.61. The van der Waals surface area contributed by atoms with Gasteiger partial charge in [-0.1, -0.05) is 36.4 Å². The van der Waals surface area contributed by atoms with Crippen LogP contribution in [0.15, 0.2) is 78.9 Å². The van der Waals surface area contributed by atoms with Crippen LogP contribution in [-0.2, 0) is 6.42 Å². The highest BCUT2D eigenvalue weighted by Crippen LogP contribution is 2.12. The average Bonchev–Trinajstić information content (AvgIpc) is 2.69. The summed E-state index contributed by atoms with van der Waals surface area (Å²) in [6.45, 7) is 0.532. The molecule has 0 aliphatic carbocycles. The van der Waals surface area contributed by atoms with Crippen LogP contribution in [0, 0.1) is 5.82 Å². The Bertz CT molecular complexity index is 925.